The summed E-state index contributed by atoms with van der Waals surface area (Å²) in [4.78, 5) is 15.0. The molecule has 0 radical (unpaired) electrons. The molecular weight excluding hydrogens is 286 g/mol. The van der Waals surface area contributed by atoms with Gasteiger partial charge in [-0.3, -0.25) is 9.69 Å². The van der Waals surface area contributed by atoms with Crippen molar-refractivity contribution in [1.29, 1.82) is 0 Å². The van der Waals surface area contributed by atoms with E-state index >= 15 is 0 Å². The van der Waals surface area contributed by atoms with Crippen molar-refractivity contribution in [3.8, 4) is 0 Å². The summed E-state index contributed by atoms with van der Waals surface area (Å²) in [6.07, 6.45) is 4.15. The highest BCUT2D eigenvalue weighted by molar-refractivity contribution is 7.80. The van der Waals surface area contributed by atoms with Crippen molar-refractivity contribution < 1.29 is 9.53 Å². The van der Waals surface area contributed by atoms with Crippen molar-refractivity contribution in [2.24, 2.45) is 11.1 Å². The van der Waals surface area contributed by atoms with E-state index < -0.39 is 0 Å². The van der Waals surface area contributed by atoms with Gasteiger partial charge in [-0.1, -0.05) is 26.1 Å². The summed E-state index contributed by atoms with van der Waals surface area (Å²) < 4.78 is 5.48. The molecule has 120 valence electrons. The molecule has 3 N–H and O–H groups in total. The molecule has 0 aromatic carbocycles. The predicted molar refractivity (Wildman–Crippen MR) is 87.1 cm³/mol. The number of hydrogen-bond donors (Lipinski definition) is 2. The first kappa shape index (κ1) is 16.6. The molecule has 1 saturated carbocycles. The minimum atomic E-state index is -0.146. The van der Waals surface area contributed by atoms with Crippen LogP contribution >= 0.6 is 12.2 Å². The van der Waals surface area contributed by atoms with Crippen LogP contribution in [0.3, 0.4) is 0 Å². The average molecular weight is 313 g/mol. The lowest BCUT2D eigenvalue weighted by Crippen LogP contribution is -2.54. The van der Waals surface area contributed by atoms with Gasteiger partial charge in [0.15, 0.2) is 0 Å². The lowest BCUT2D eigenvalue weighted by Gasteiger charge is -2.35. The second-order valence-electron chi connectivity index (χ2n) is 6.76. The maximum Gasteiger partial charge on any atom is 0.239 e. The van der Waals surface area contributed by atoms with E-state index in [9.17, 15) is 4.79 Å². The van der Waals surface area contributed by atoms with Crippen molar-refractivity contribution in [2.75, 3.05) is 26.3 Å². The number of nitrogens with zero attached hydrogens (tertiary/aromatic N) is 1. The van der Waals surface area contributed by atoms with Crippen LogP contribution in [0.1, 0.15) is 39.5 Å². The first-order valence-electron chi connectivity index (χ1n) is 7.82. The van der Waals surface area contributed by atoms with Crippen molar-refractivity contribution in [2.45, 2.75) is 51.6 Å². The summed E-state index contributed by atoms with van der Waals surface area (Å²) in [7, 11) is 0. The molecule has 6 heteroatoms. The first-order valence-corrected chi connectivity index (χ1v) is 8.23. The number of carbonyl (C=O) groups excluding carboxylic acids is 1. The van der Waals surface area contributed by atoms with Crippen LogP contribution in [0, 0.1) is 5.41 Å². The number of carbonyl (C=O) groups is 1. The molecule has 1 heterocycles. The van der Waals surface area contributed by atoms with E-state index in [-0.39, 0.29) is 17.4 Å². The molecule has 2 aliphatic rings. The average Bonchev–Trinajstić information content (AvgIpc) is 3.22. The smallest absolute Gasteiger partial charge is 0.239 e. The van der Waals surface area contributed by atoms with Crippen LogP contribution in [-0.4, -0.2) is 54.2 Å². The van der Waals surface area contributed by atoms with Crippen LogP contribution in [0.25, 0.3) is 0 Å². The summed E-state index contributed by atoms with van der Waals surface area (Å²) in [5.41, 5.74) is 5.64. The van der Waals surface area contributed by atoms with Gasteiger partial charge in [0.1, 0.15) is 6.04 Å². The monoisotopic (exact) mass is 313 g/mol. The standard InChI is InChI=1S/C15H27N3O2S/c1-15(2,14(16)21)6-3-7-18-8-9-20-10-12(18)13(19)17-11-4-5-11/h11-12H,3-10H2,1-2H3,(H2,16,21)(H,17,19). The normalized spacial score (nSPS) is 23.8. The fraction of sp³-hybridized carbons (Fsp3) is 0.867. The Bertz CT molecular complexity index is 396. The van der Waals surface area contributed by atoms with Crippen LogP contribution in [0.4, 0.5) is 0 Å². The largest absolute Gasteiger partial charge is 0.393 e. The SMILES string of the molecule is CC(C)(CCCN1CCOCC1C(=O)NC1CC1)C(N)=S. The van der Waals surface area contributed by atoms with E-state index in [1.165, 1.54) is 0 Å². The Labute approximate surface area is 132 Å². The number of amides is 1. The Hall–Kier alpha value is -0.720. The molecule has 1 aliphatic heterocycles. The van der Waals surface area contributed by atoms with E-state index in [4.69, 9.17) is 22.7 Å². The van der Waals surface area contributed by atoms with E-state index in [0.29, 0.717) is 24.2 Å². The number of nitrogens with two attached hydrogens (primary N) is 1. The van der Waals surface area contributed by atoms with Gasteiger partial charge in [-0.15, -0.1) is 0 Å². The Morgan fingerprint density at radius 1 is 1.48 bits per heavy atom. The Kier molecular flexibility index (Phi) is 5.57. The van der Waals surface area contributed by atoms with Gasteiger partial charge in [-0.2, -0.15) is 0 Å². The van der Waals surface area contributed by atoms with Gasteiger partial charge in [0.2, 0.25) is 5.91 Å². The van der Waals surface area contributed by atoms with E-state index in [2.05, 4.69) is 24.1 Å². The molecule has 1 unspecified atom stereocenters. The third kappa shape index (κ3) is 4.90. The number of hydrogen-bond acceptors (Lipinski definition) is 4. The number of morpholine rings is 1. The first-order chi connectivity index (χ1) is 9.90. The van der Waals surface area contributed by atoms with Crippen LogP contribution in [0.2, 0.25) is 0 Å². The topological polar surface area (TPSA) is 67.6 Å². The highest BCUT2D eigenvalue weighted by Gasteiger charge is 2.33. The Morgan fingerprint density at radius 2 is 2.19 bits per heavy atom. The third-order valence-electron chi connectivity index (χ3n) is 4.38. The van der Waals surface area contributed by atoms with E-state index in [1.807, 2.05) is 0 Å². The van der Waals surface area contributed by atoms with Gasteiger partial charge in [-0.05, 0) is 32.2 Å². The molecule has 1 amide bonds. The highest BCUT2D eigenvalue weighted by atomic mass is 32.1. The number of nitrogens with one attached hydrogen (secondary N) is 1. The maximum absolute atomic E-state index is 12.3. The third-order valence-corrected chi connectivity index (χ3v) is 4.93. The fourth-order valence-electron chi connectivity index (χ4n) is 2.52. The molecule has 5 nitrogen and oxygen atoms in total. The van der Waals surface area contributed by atoms with Gasteiger partial charge >= 0.3 is 0 Å². The minimum Gasteiger partial charge on any atom is -0.393 e. The molecule has 1 atom stereocenters. The predicted octanol–water partition coefficient (Wildman–Crippen LogP) is 1.06. The minimum absolute atomic E-state index is 0.116. The highest BCUT2D eigenvalue weighted by Crippen LogP contribution is 2.24. The Balaban J connectivity index is 1.81. The van der Waals surface area contributed by atoms with Crippen LogP contribution in [-0.2, 0) is 9.53 Å². The summed E-state index contributed by atoms with van der Waals surface area (Å²) in [5, 5.41) is 3.08. The maximum atomic E-state index is 12.3. The molecule has 0 bridgehead atoms. The van der Waals surface area contributed by atoms with E-state index in [0.717, 1.165) is 38.8 Å². The van der Waals surface area contributed by atoms with Gasteiger partial charge in [-0.25, -0.2) is 0 Å². The molecule has 0 spiro atoms. The molecular formula is C15H27N3O2S. The lowest BCUT2D eigenvalue weighted by atomic mass is 9.88. The van der Waals surface area contributed by atoms with Crippen LogP contribution in [0.5, 0.6) is 0 Å². The van der Waals surface area contributed by atoms with Crippen LogP contribution < -0.4 is 11.1 Å². The zero-order valence-corrected chi connectivity index (χ0v) is 13.9. The molecule has 21 heavy (non-hydrogen) atoms. The second kappa shape index (κ2) is 7.03. The molecule has 0 aromatic rings. The Morgan fingerprint density at radius 3 is 2.81 bits per heavy atom. The molecule has 0 aromatic heterocycles. The van der Waals surface area contributed by atoms with Crippen LogP contribution in [0.15, 0.2) is 0 Å². The molecule has 2 rings (SSSR count). The summed E-state index contributed by atoms with van der Waals surface area (Å²) >= 11 is 5.10. The van der Waals surface area contributed by atoms with Crippen molar-refractivity contribution in [3.63, 3.8) is 0 Å². The summed E-state index contributed by atoms with van der Waals surface area (Å²) in [6.45, 7) is 7.05. The van der Waals surface area contributed by atoms with Gasteiger partial charge in [0.05, 0.1) is 18.2 Å². The molecule has 2 fully saturated rings. The van der Waals surface area contributed by atoms with Crippen molar-refractivity contribution in [3.05, 3.63) is 0 Å². The summed E-state index contributed by atoms with van der Waals surface area (Å²) in [6, 6.07) is 0.252. The zero-order chi connectivity index (χ0) is 15.5. The number of thiocarbonyl (C=S) groups is 1. The summed E-state index contributed by atoms with van der Waals surface area (Å²) in [5.74, 6) is 0.116. The molecule has 1 saturated heterocycles. The van der Waals surface area contributed by atoms with E-state index in [1.54, 1.807) is 0 Å². The second-order valence-corrected chi connectivity index (χ2v) is 7.20. The quantitative estimate of drug-likeness (QED) is 0.688. The van der Waals surface area contributed by atoms with Crippen molar-refractivity contribution in [1.82, 2.24) is 10.2 Å². The lowest BCUT2D eigenvalue weighted by molar-refractivity contribution is -0.132. The number of ether oxygens (including phenoxy) is 1. The van der Waals surface area contributed by atoms with Crippen molar-refractivity contribution >= 4 is 23.1 Å². The fourth-order valence-corrected chi connectivity index (χ4v) is 2.62. The zero-order valence-electron chi connectivity index (χ0n) is 13.1. The number of rotatable bonds is 7. The van der Waals surface area contributed by atoms with Gasteiger partial charge < -0.3 is 15.8 Å². The molecule has 1 aliphatic carbocycles. The van der Waals surface area contributed by atoms with Gasteiger partial charge in [0.25, 0.3) is 0 Å². The van der Waals surface area contributed by atoms with Gasteiger partial charge in [0, 0.05) is 18.0 Å².